The predicted molar refractivity (Wildman–Crippen MR) is 137 cm³/mol. The van der Waals surface area contributed by atoms with Crippen LogP contribution in [0.4, 0.5) is 5.13 Å². The Morgan fingerprint density at radius 1 is 1.11 bits per heavy atom. The Hall–Kier alpha value is -2.95. The zero-order valence-electron chi connectivity index (χ0n) is 20.0. The van der Waals surface area contributed by atoms with E-state index < -0.39 is 10.0 Å². The Kier molecular flexibility index (Phi) is 7.73. The van der Waals surface area contributed by atoms with Gasteiger partial charge in [-0.05, 0) is 61.7 Å². The van der Waals surface area contributed by atoms with Gasteiger partial charge in [0.15, 0.2) is 16.6 Å². The number of benzene rings is 2. The van der Waals surface area contributed by atoms with Crippen molar-refractivity contribution in [3.63, 3.8) is 0 Å². The van der Waals surface area contributed by atoms with Crippen LogP contribution >= 0.6 is 11.3 Å². The Labute approximate surface area is 210 Å². The van der Waals surface area contributed by atoms with E-state index in [0.717, 1.165) is 31.2 Å². The second-order valence-electron chi connectivity index (χ2n) is 8.26. The number of hydrogen-bond donors (Lipinski definition) is 1. The summed E-state index contributed by atoms with van der Waals surface area (Å²) in [6.45, 7) is 2.55. The number of anilines is 1. The summed E-state index contributed by atoms with van der Waals surface area (Å²) < 4.78 is 38.5. The monoisotopic (exact) mass is 515 g/mol. The zero-order valence-corrected chi connectivity index (χ0v) is 21.6. The van der Waals surface area contributed by atoms with Crippen LogP contribution in [0.15, 0.2) is 52.7 Å². The van der Waals surface area contributed by atoms with Crippen molar-refractivity contribution in [2.45, 2.75) is 43.5 Å². The van der Waals surface area contributed by atoms with Gasteiger partial charge in [0.1, 0.15) is 0 Å². The van der Waals surface area contributed by atoms with Crippen molar-refractivity contribution in [1.82, 2.24) is 9.29 Å². The summed E-state index contributed by atoms with van der Waals surface area (Å²) in [5.74, 6) is 0.857. The first-order valence-corrected chi connectivity index (χ1v) is 13.8. The quantitative estimate of drug-likeness (QED) is 0.452. The normalized spacial score (nSPS) is 16.6. The van der Waals surface area contributed by atoms with Gasteiger partial charge < -0.3 is 9.47 Å². The number of rotatable bonds is 8. The lowest BCUT2D eigenvalue weighted by molar-refractivity contribution is 0.102. The minimum atomic E-state index is -3.59. The molecule has 1 fully saturated rings. The number of ether oxygens (including phenoxy) is 2. The van der Waals surface area contributed by atoms with Gasteiger partial charge >= 0.3 is 0 Å². The highest BCUT2D eigenvalue weighted by molar-refractivity contribution is 7.89. The molecular formula is C25H29N3O5S2. The van der Waals surface area contributed by atoms with E-state index in [4.69, 9.17) is 9.47 Å². The van der Waals surface area contributed by atoms with Crippen LogP contribution in [0.3, 0.4) is 0 Å². The maximum absolute atomic E-state index is 13.2. The molecule has 1 aliphatic heterocycles. The average molecular weight is 516 g/mol. The van der Waals surface area contributed by atoms with E-state index in [0.29, 0.717) is 34.4 Å². The first-order valence-electron chi connectivity index (χ1n) is 11.5. The molecule has 3 aromatic rings. The molecule has 1 unspecified atom stereocenters. The SMILES string of the molecule is CCC1CCCCN1S(=O)(=O)c1ccc(C(=O)Nc2nc(-c3ccc(OC)c(OC)c3)cs2)cc1. The molecule has 2 heterocycles. The van der Waals surface area contributed by atoms with Gasteiger partial charge in [-0.3, -0.25) is 10.1 Å². The lowest BCUT2D eigenvalue weighted by Crippen LogP contribution is -2.43. The largest absolute Gasteiger partial charge is 0.493 e. The van der Waals surface area contributed by atoms with E-state index >= 15 is 0 Å². The molecule has 186 valence electrons. The summed E-state index contributed by atoms with van der Waals surface area (Å²) in [7, 11) is -0.447. The number of aromatic nitrogens is 1. The maximum Gasteiger partial charge on any atom is 0.257 e. The third-order valence-electron chi connectivity index (χ3n) is 6.17. The predicted octanol–water partition coefficient (Wildman–Crippen LogP) is 5.03. The molecule has 1 amide bonds. The number of sulfonamides is 1. The molecule has 0 aliphatic carbocycles. The molecule has 1 aromatic heterocycles. The van der Waals surface area contributed by atoms with Gasteiger partial charge in [-0.1, -0.05) is 13.3 Å². The fourth-order valence-electron chi connectivity index (χ4n) is 4.24. The van der Waals surface area contributed by atoms with Crippen molar-refractivity contribution in [3.8, 4) is 22.8 Å². The molecule has 0 bridgehead atoms. The van der Waals surface area contributed by atoms with Gasteiger partial charge in [0.2, 0.25) is 10.0 Å². The van der Waals surface area contributed by atoms with Crippen molar-refractivity contribution in [3.05, 3.63) is 53.4 Å². The lowest BCUT2D eigenvalue weighted by Gasteiger charge is -2.34. The number of amides is 1. The van der Waals surface area contributed by atoms with E-state index in [9.17, 15) is 13.2 Å². The Balaban J connectivity index is 1.46. The number of nitrogens with one attached hydrogen (secondary N) is 1. The van der Waals surface area contributed by atoms with E-state index in [1.165, 1.54) is 35.6 Å². The van der Waals surface area contributed by atoms with Crippen molar-refractivity contribution < 1.29 is 22.7 Å². The van der Waals surface area contributed by atoms with E-state index in [1.807, 2.05) is 24.4 Å². The highest BCUT2D eigenvalue weighted by Crippen LogP contribution is 2.33. The summed E-state index contributed by atoms with van der Waals surface area (Å²) >= 11 is 1.30. The molecule has 0 saturated carbocycles. The van der Waals surface area contributed by atoms with Crippen LogP contribution in [-0.2, 0) is 10.0 Å². The van der Waals surface area contributed by atoms with Crippen LogP contribution in [0.1, 0.15) is 43.0 Å². The van der Waals surface area contributed by atoms with Crippen LogP contribution in [-0.4, -0.2) is 50.4 Å². The standard InChI is InChI=1S/C25H29N3O5S2/c1-4-19-7-5-6-14-28(19)35(30,31)20-11-8-17(9-12-20)24(29)27-25-26-21(16-34-25)18-10-13-22(32-2)23(15-18)33-3/h8-13,15-16,19H,4-7,14H2,1-3H3,(H,26,27,29). The average Bonchev–Trinajstić information content (AvgIpc) is 3.36. The molecule has 2 aromatic carbocycles. The molecule has 35 heavy (non-hydrogen) atoms. The summed E-state index contributed by atoms with van der Waals surface area (Å²) in [4.78, 5) is 17.5. The number of carbonyl (C=O) groups excluding carboxylic acids is 1. The van der Waals surface area contributed by atoms with E-state index in [1.54, 1.807) is 24.6 Å². The second kappa shape index (κ2) is 10.8. The molecule has 8 nitrogen and oxygen atoms in total. The zero-order chi connectivity index (χ0) is 25.0. The maximum atomic E-state index is 13.2. The third-order valence-corrected chi connectivity index (χ3v) is 8.90. The Morgan fingerprint density at radius 2 is 1.86 bits per heavy atom. The number of thiazole rings is 1. The second-order valence-corrected chi connectivity index (χ2v) is 11.0. The number of methoxy groups -OCH3 is 2. The highest BCUT2D eigenvalue weighted by atomic mass is 32.2. The Bertz CT molecular complexity index is 1290. The number of nitrogens with zero attached hydrogens (tertiary/aromatic N) is 2. The first kappa shape index (κ1) is 25.2. The van der Waals surface area contributed by atoms with Gasteiger partial charge in [0.05, 0.1) is 24.8 Å². The Morgan fingerprint density at radius 3 is 2.54 bits per heavy atom. The van der Waals surface area contributed by atoms with Crippen molar-refractivity contribution >= 4 is 32.4 Å². The van der Waals surface area contributed by atoms with Gasteiger partial charge in [0, 0.05) is 29.1 Å². The van der Waals surface area contributed by atoms with Gasteiger partial charge in [0.25, 0.3) is 5.91 Å². The molecule has 10 heteroatoms. The third kappa shape index (κ3) is 5.34. The van der Waals surface area contributed by atoms with Crippen LogP contribution < -0.4 is 14.8 Å². The number of piperidine rings is 1. The van der Waals surface area contributed by atoms with Crippen molar-refractivity contribution in [1.29, 1.82) is 0 Å². The molecule has 4 rings (SSSR count). The topological polar surface area (TPSA) is 97.8 Å². The molecular weight excluding hydrogens is 486 g/mol. The highest BCUT2D eigenvalue weighted by Gasteiger charge is 2.32. The molecule has 0 spiro atoms. The van der Waals surface area contributed by atoms with Crippen LogP contribution in [0.2, 0.25) is 0 Å². The minimum absolute atomic E-state index is 0.0292. The summed E-state index contributed by atoms with van der Waals surface area (Å²) in [5, 5.41) is 5.07. The van der Waals surface area contributed by atoms with Crippen molar-refractivity contribution in [2.24, 2.45) is 0 Å². The number of hydrogen-bond acceptors (Lipinski definition) is 7. The molecule has 0 radical (unpaired) electrons. The van der Waals surface area contributed by atoms with Crippen molar-refractivity contribution in [2.75, 3.05) is 26.1 Å². The molecule has 1 saturated heterocycles. The first-order chi connectivity index (χ1) is 16.9. The van der Waals surface area contributed by atoms with Crippen LogP contribution in [0, 0.1) is 0 Å². The number of carbonyl (C=O) groups is 1. The van der Waals surface area contributed by atoms with Crippen LogP contribution in [0.5, 0.6) is 11.5 Å². The molecule has 1 aliphatic rings. The smallest absolute Gasteiger partial charge is 0.257 e. The fraction of sp³-hybridized carbons (Fsp3) is 0.360. The summed E-state index contributed by atoms with van der Waals surface area (Å²) in [6.07, 6.45) is 3.59. The summed E-state index contributed by atoms with van der Waals surface area (Å²) in [6, 6.07) is 11.6. The van der Waals surface area contributed by atoms with Gasteiger partial charge in [-0.25, -0.2) is 13.4 Å². The minimum Gasteiger partial charge on any atom is -0.493 e. The lowest BCUT2D eigenvalue weighted by atomic mass is 10.0. The van der Waals surface area contributed by atoms with Gasteiger partial charge in [-0.2, -0.15) is 4.31 Å². The molecule has 1 atom stereocenters. The summed E-state index contributed by atoms with van der Waals surface area (Å²) in [5.41, 5.74) is 1.88. The fourth-order valence-corrected chi connectivity index (χ4v) is 6.72. The van der Waals surface area contributed by atoms with E-state index in [2.05, 4.69) is 10.3 Å². The molecule has 1 N–H and O–H groups in total. The van der Waals surface area contributed by atoms with Gasteiger partial charge in [-0.15, -0.1) is 11.3 Å². The van der Waals surface area contributed by atoms with Crippen LogP contribution in [0.25, 0.3) is 11.3 Å². The van der Waals surface area contributed by atoms with E-state index in [-0.39, 0.29) is 16.8 Å².